The lowest BCUT2D eigenvalue weighted by Gasteiger charge is -2.07. The largest absolute Gasteiger partial charge is 0.469 e. The van der Waals surface area contributed by atoms with Crippen molar-refractivity contribution in [1.82, 2.24) is 0 Å². The topological polar surface area (TPSA) is 93.2 Å². The van der Waals surface area contributed by atoms with Crippen LogP contribution in [0.3, 0.4) is 0 Å². The van der Waals surface area contributed by atoms with Crippen molar-refractivity contribution >= 4 is 23.3 Å². The lowest BCUT2D eigenvalue weighted by molar-refractivity contribution is -0.385. The number of hydrogen-bond donors (Lipinski definition) is 0. The summed E-state index contributed by atoms with van der Waals surface area (Å²) in [5.41, 5.74) is 0.473. The van der Waals surface area contributed by atoms with E-state index in [1.807, 2.05) is 0 Å². The van der Waals surface area contributed by atoms with E-state index in [2.05, 4.69) is 4.74 Å². The minimum atomic E-state index is -0.656. The Bertz CT molecular complexity index is 537. The van der Waals surface area contributed by atoms with Gasteiger partial charge in [0.1, 0.15) is 11.6 Å². The number of ether oxygens (including phenoxy) is 1. The van der Waals surface area contributed by atoms with Gasteiger partial charge >= 0.3 is 5.97 Å². The van der Waals surface area contributed by atoms with E-state index in [-0.39, 0.29) is 23.6 Å². The molecule has 0 bridgehead atoms. The van der Waals surface area contributed by atoms with Crippen LogP contribution in [0.25, 0.3) is 0 Å². The number of carbonyl (C=O) groups excluding carboxylic acids is 1. The number of hydrogen-bond acceptors (Lipinski definition) is 5. The van der Waals surface area contributed by atoms with E-state index < -0.39 is 10.9 Å². The van der Waals surface area contributed by atoms with Gasteiger partial charge in [0, 0.05) is 11.9 Å². The highest BCUT2D eigenvalue weighted by molar-refractivity contribution is 6.17. The van der Waals surface area contributed by atoms with Crippen LogP contribution in [-0.4, -0.2) is 18.0 Å². The van der Waals surface area contributed by atoms with Crippen LogP contribution in [0.15, 0.2) is 12.1 Å². The van der Waals surface area contributed by atoms with Gasteiger partial charge in [-0.1, -0.05) is 0 Å². The Morgan fingerprint density at radius 1 is 1.56 bits per heavy atom. The van der Waals surface area contributed by atoms with Crippen LogP contribution in [0.4, 0.5) is 5.69 Å². The number of alkyl halides is 1. The molecule has 0 unspecified atom stereocenters. The van der Waals surface area contributed by atoms with E-state index in [0.717, 1.165) is 0 Å². The van der Waals surface area contributed by atoms with Gasteiger partial charge in [-0.15, -0.1) is 11.6 Å². The first kappa shape index (κ1) is 13.9. The molecule has 0 aliphatic rings. The van der Waals surface area contributed by atoms with Gasteiger partial charge in [-0.05, 0) is 17.2 Å². The summed E-state index contributed by atoms with van der Waals surface area (Å²) in [4.78, 5) is 21.3. The number of nitrogens with zero attached hydrogens (tertiary/aromatic N) is 2. The average molecular weight is 269 g/mol. The second kappa shape index (κ2) is 5.98. The van der Waals surface area contributed by atoms with E-state index >= 15 is 0 Å². The van der Waals surface area contributed by atoms with Crippen LogP contribution < -0.4 is 0 Å². The second-order valence-electron chi connectivity index (χ2n) is 3.39. The molecule has 0 heterocycles. The summed E-state index contributed by atoms with van der Waals surface area (Å²) < 4.78 is 4.51. The van der Waals surface area contributed by atoms with Gasteiger partial charge in [-0.2, -0.15) is 5.26 Å². The normalized spacial score (nSPS) is 9.61. The Hall–Kier alpha value is -2.13. The van der Waals surface area contributed by atoms with Crippen LogP contribution in [0.1, 0.15) is 16.7 Å². The molecule has 1 aromatic rings. The van der Waals surface area contributed by atoms with Crippen molar-refractivity contribution in [3.05, 3.63) is 38.9 Å². The van der Waals surface area contributed by atoms with Gasteiger partial charge in [0.05, 0.1) is 18.5 Å². The lowest BCUT2D eigenvalue weighted by Crippen LogP contribution is -2.08. The molecule has 1 rings (SSSR count). The number of esters is 1. The predicted molar refractivity (Wildman–Crippen MR) is 63.1 cm³/mol. The zero-order chi connectivity index (χ0) is 13.7. The third-order valence-electron chi connectivity index (χ3n) is 2.34. The van der Waals surface area contributed by atoms with Gasteiger partial charge in [0.2, 0.25) is 0 Å². The molecule has 0 saturated heterocycles. The first-order chi connectivity index (χ1) is 8.53. The molecular formula is C11H9ClN2O4. The number of methoxy groups -OCH3 is 1. The lowest BCUT2D eigenvalue weighted by atomic mass is 10.0. The van der Waals surface area contributed by atoms with E-state index in [0.29, 0.717) is 11.1 Å². The fourth-order valence-corrected chi connectivity index (χ4v) is 1.68. The van der Waals surface area contributed by atoms with Gasteiger partial charge < -0.3 is 4.74 Å². The standard InChI is InChI=1S/C11H9ClN2O4/c1-18-11(15)4-7-2-9(6-13)10(14(16)17)3-8(7)5-12/h2-3H,4-5H2,1H3. The molecule has 0 spiro atoms. The van der Waals surface area contributed by atoms with Gasteiger partial charge in [0.15, 0.2) is 0 Å². The minimum absolute atomic E-state index is 0.0128. The SMILES string of the molecule is COC(=O)Cc1cc(C#N)c([N+](=O)[O-])cc1CCl. The summed E-state index contributed by atoms with van der Waals surface area (Å²) in [7, 11) is 1.24. The molecule has 0 N–H and O–H groups in total. The van der Waals surface area contributed by atoms with Crippen molar-refractivity contribution in [2.45, 2.75) is 12.3 Å². The monoisotopic (exact) mass is 268 g/mol. The third kappa shape index (κ3) is 2.96. The van der Waals surface area contributed by atoms with Crippen molar-refractivity contribution in [3.8, 4) is 6.07 Å². The number of nitro benzene ring substituents is 1. The first-order valence-corrected chi connectivity index (χ1v) is 5.40. The number of benzene rings is 1. The maximum absolute atomic E-state index is 11.2. The zero-order valence-corrected chi connectivity index (χ0v) is 10.2. The molecule has 0 aromatic heterocycles. The Balaban J connectivity index is 3.31. The molecule has 18 heavy (non-hydrogen) atoms. The number of rotatable bonds is 4. The molecule has 94 valence electrons. The predicted octanol–water partition coefficient (Wildman–Crippen LogP) is 1.92. The van der Waals surface area contributed by atoms with Crippen LogP contribution in [0, 0.1) is 21.4 Å². The number of halogens is 1. The smallest absolute Gasteiger partial charge is 0.309 e. The van der Waals surface area contributed by atoms with Crippen LogP contribution in [-0.2, 0) is 21.8 Å². The molecule has 0 aliphatic carbocycles. The summed E-state index contributed by atoms with van der Waals surface area (Å²) >= 11 is 5.67. The summed E-state index contributed by atoms with van der Waals surface area (Å²) in [5.74, 6) is -0.488. The Morgan fingerprint density at radius 3 is 2.67 bits per heavy atom. The summed E-state index contributed by atoms with van der Waals surface area (Å²) in [5, 5.41) is 19.6. The quantitative estimate of drug-likeness (QED) is 0.360. The minimum Gasteiger partial charge on any atom is -0.469 e. The summed E-state index contributed by atoms with van der Waals surface area (Å²) in [6, 6.07) is 4.23. The molecule has 0 atom stereocenters. The molecule has 0 fully saturated rings. The highest BCUT2D eigenvalue weighted by Gasteiger charge is 2.19. The molecule has 7 heteroatoms. The molecule has 1 aromatic carbocycles. The van der Waals surface area contributed by atoms with Crippen molar-refractivity contribution in [3.63, 3.8) is 0 Å². The van der Waals surface area contributed by atoms with Gasteiger partial charge in [-0.3, -0.25) is 14.9 Å². The maximum Gasteiger partial charge on any atom is 0.309 e. The van der Waals surface area contributed by atoms with E-state index in [9.17, 15) is 14.9 Å². The molecule has 0 aliphatic heterocycles. The fourth-order valence-electron chi connectivity index (χ4n) is 1.43. The number of nitriles is 1. The molecule has 6 nitrogen and oxygen atoms in total. The van der Waals surface area contributed by atoms with Crippen LogP contribution in [0.5, 0.6) is 0 Å². The van der Waals surface area contributed by atoms with Crippen molar-refractivity contribution in [1.29, 1.82) is 5.26 Å². The highest BCUT2D eigenvalue weighted by atomic mass is 35.5. The second-order valence-corrected chi connectivity index (χ2v) is 3.66. The molecule has 0 amide bonds. The summed E-state index contributed by atoms with van der Waals surface area (Å²) in [6.45, 7) is 0. The highest BCUT2D eigenvalue weighted by Crippen LogP contribution is 2.25. The Labute approximate surface area is 108 Å². The van der Waals surface area contributed by atoms with Gasteiger partial charge in [0.25, 0.3) is 5.69 Å². The Kier molecular flexibility index (Phi) is 4.63. The summed E-state index contributed by atoms with van der Waals surface area (Å²) in [6.07, 6.45) is -0.0781. The van der Waals surface area contributed by atoms with Crippen molar-refractivity contribution in [2.75, 3.05) is 7.11 Å². The fraction of sp³-hybridized carbons (Fsp3) is 0.273. The van der Waals surface area contributed by atoms with Crippen LogP contribution in [0.2, 0.25) is 0 Å². The first-order valence-electron chi connectivity index (χ1n) is 4.86. The van der Waals surface area contributed by atoms with E-state index in [4.69, 9.17) is 16.9 Å². The number of carbonyl (C=O) groups is 1. The van der Waals surface area contributed by atoms with E-state index in [1.165, 1.54) is 19.2 Å². The zero-order valence-electron chi connectivity index (χ0n) is 9.47. The maximum atomic E-state index is 11.2. The van der Waals surface area contributed by atoms with Gasteiger partial charge in [-0.25, -0.2) is 0 Å². The molecule has 0 radical (unpaired) electrons. The van der Waals surface area contributed by atoms with Crippen molar-refractivity contribution < 1.29 is 14.5 Å². The average Bonchev–Trinajstić information content (AvgIpc) is 2.37. The number of nitro groups is 1. The molecule has 0 saturated carbocycles. The van der Waals surface area contributed by atoms with Crippen LogP contribution >= 0.6 is 11.6 Å². The van der Waals surface area contributed by atoms with Crippen molar-refractivity contribution in [2.24, 2.45) is 0 Å². The molecular weight excluding hydrogens is 260 g/mol. The third-order valence-corrected chi connectivity index (χ3v) is 2.63. The Morgan fingerprint density at radius 2 is 2.22 bits per heavy atom. The van der Waals surface area contributed by atoms with E-state index in [1.54, 1.807) is 6.07 Å².